The molecule has 4 rings (SSSR count). The third-order valence-corrected chi connectivity index (χ3v) is 6.46. The fraction of sp³-hybridized carbons (Fsp3) is 0.0952. The van der Waals surface area contributed by atoms with Gasteiger partial charge in [-0.25, -0.2) is 9.18 Å². The number of phenolic OH excluding ortho intramolecular Hbond substituents is 1. The van der Waals surface area contributed by atoms with E-state index in [-0.39, 0.29) is 34.0 Å². The lowest BCUT2D eigenvalue weighted by Crippen LogP contribution is -2.06. The van der Waals surface area contributed by atoms with Crippen molar-refractivity contribution < 1.29 is 24.2 Å². The molecule has 0 bridgehead atoms. The zero-order valence-corrected chi connectivity index (χ0v) is 16.8. The van der Waals surface area contributed by atoms with E-state index in [1.165, 1.54) is 28.8 Å². The Morgan fingerprint density at radius 3 is 2.66 bits per heavy atom. The van der Waals surface area contributed by atoms with Crippen LogP contribution in [0, 0.1) is 17.6 Å². The molecule has 0 saturated heterocycles. The summed E-state index contributed by atoms with van der Waals surface area (Å²) in [4.78, 5) is 24.7. The molecule has 0 atom stereocenters. The Morgan fingerprint density at radius 2 is 1.93 bits per heavy atom. The number of rotatable bonds is 5. The van der Waals surface area contributed by atoms with Crippen molar-refractivity contribution in [2.45, 2.75) is 13.5 Å². The molecule has 2 heterocycles. The second-order valence-corrected chi connectivity index (χ2v) is 8.40. The molecule has 0 unspecified atom stereocenters. The molecule has 146 valence electrons. The van der Waals surface area contributed by atoms with Crippen LogP contribution in [0.5, 0.6) is 5.75 Å². The Balaban J connectivity index is 1.74. The molecule has 0 aliphatic carbocycles. The first-order valence-corrected chi connectivity index (χ1v) is 10.4. The van der Waals surface area contributed by atoms with Crippen LogP contribution in [0.1, 0.15) is 21.5 Å². The van der Waals surface area contributed by atoms with E-state index in [0.717, 1.165) is 21.4 Å². The number of nitrogens with zero attached hydrogens (tertiary/aromatic N) is 1. The number of aromatic hydroxyl groups is 1. The number of phenols is 1. The summed E-state index contributed by atoms with van der Waals surface area (Å²) >= 11 is 2.42. The minimum absolute atomic E-state index is 0.0324. The summed E-state index contributed by atoms with van der Waals surface area (Å²) in [6, 6.07) is 9.67. The molecule has 5 nitrogen and oxygen atoms in total. The minimum atomic E-state index is -1.31. The third-order valence-electron chi connectivity index (χ3n) is 4.59. The number of hydrogen-bond donors (Lipinski definition) is 2. The number of carboxylic acids is 1. The van der Waals surface area contributed by atoms with Crippen molar-refractivity contribution in [2.75, 3.05) is 0 Å². The first kappa shape index (κ1) is 19.2. The number of benzene rings is 2. The highest BCUT2D eigenvalue weighted by Crippen LogP contribution is 2.39. The van der Waals surface area contributed by atoms with Gasteiger partial charge in [0.2, 0.25) is 6.54 Å². The Morgan fingerprint density at radius 1 is 1.14 bits per heavy atom. The van der Waals surface area contributed by atoms with Gasteiger partial charge < -0.3 is 10.2 Å². The lowest BCUT2D eigenvalue weighted by atomic mass is 10.0. The number of fused-ring (bicyclic) bond motifs is 1. The van der Waals surface area contributed by atoms with Crippen molar-refractivity contribution in [3.05, 3.63) is 74.6 Å². The predicted octanol–water partition coefficient (Wildman–Crippen LogP) is 6.09. The summed E-state index contributed by atoms with van der Waals surface area (Å²) in [7, 11) is 0. The summed E-state index contributed by atoms with van der Waals surface area (Å²) in [5.41, 5.74) is 1.15. The van der Waals surface area contributed by atoms with Gasteiger partial charge in [0.1, 0.15) is 11.6 Å². The molecule has 29 heavy (non-hydrogen) atoms. The largest absolute Gasteiger partial charge is 0.507 e. The molecule has 0 saturated carbocycles. The van der Waals surface area contributed by atoms with Crippen LogP contribution < -0.4 is 0 Å². The standard InChI is InChI=1S/C21H14FNO4S2/c1-11-2-3-14(16(22)6-11)15-10-29-20(19(15)21(25)26)23(27)9-13-8-18-12(4-5-28-18)7-17(13)24/h2-8,10H,9H2,1H3,(H-,24,25,26)/p+1. The van der Waals surface area contributed by atoms with Crippen LogP contribution in [0.15, 0.2) is 47.2 Å². The molecule has 8 heteroatoms. The predicted molar refractivity (Wildman–Crippen MR) is 112 cm³/mol. The van der Waals surface area contributed by atoms with Crippen LogP contribution in [-0.2, 0) is 6.54 Å². The van der Waals surface area contributed by atoms with E-state index >= 15 is 0 Å². The smallest absolute Gasteiger partial charge is 0.344 e. The first-order valence-electron chi connectivity index (χ1n) is 8.60. The van der Waals surface area contributed by atoms with Gasteiger partial charge in [0, 0.05) is 26.1 Å². The van der Waals surface area contributed by atoms with Gasteiger partial charge in [-0.2, -0.15) is 0 Å². The maximum atomic E-state index is 14.4. The molecule has 0 amide bonds. The van der Waals surface area contributed by atoms with Crippen LogP contribution in [0.4, 0.5) is 9.39 Å². The zero-order chi connectivity index (χ0) is 20.7. The first-order chi connectivity index (χ1) is 13.8. The quantitative estimate of drug-likeness (QED) is 0.377. The van der Waals surface area contributed by atoms with E-state index in [1.807, 2.05) is 11.4 Å². The van der Waals surface area contributed by atoms with Crippen molar-refractivity contribution in [3.63, 3.8) is 0 Å². The van der Waals surface area contributed by atoms with Crippen molar-refractivity contribution in [2.24, 2.45) is 0 Å². The summed E-state index contributed by atoms with van der Waals surface area (Å²) in [6.45, 7) is 1.51. The number of nitroso groups, excluding NO2 is 1. The Bertz CT molecular complexity index is 1280. The third kappa shape index (κ3) is 3.52. The fourth-order valence-corrected chi connectivity index (χ4v) is 4.97. The SMILES string of the molecule is Cc1ccc(-c2csc([N+](=O)Cc3cc4sccc4cc3O)c2C(=O)O)c(F)c1. The number of halogens is 1. The van der Waals surface area contributed by atoms with Crippen molar-refractivity contribution in [3.8, 4) is 16.9 Å². The summed E-state index contributed by atoms with van der Waals surface area (Å²) in [5.74, 6) is -1.89. The summed E-state index contributed by atoms with van der Waals surface area (Å²) in [6.07, 6.45) is 0. The Labute approximate surface area is 172 Å². The Kier molecular flexibility index (Phi) is 4.89. The molecule has 2 aromatic carbocycles. The molecule has 2 N–H and O–H groups in total. The molecule has 0 aliphatic heterocycles. The highest BCUT2D eigenvalue weighted by atomic mass is 32.1. The molecule has 0 spiro atoms. The molecule has 0 fully saturated rings. The minimum Gasteiger partial charge on any atom is -0.507 e. The van der Waals surface area contributed by atoms with E-state index < -0.39 is 11.8 Å². The van der Waals surface area contributed by atoms with Crippen LogP contribution in [0.3, 0.4) is 0 Å². The van der Waals surface area contributed by atoms with Crippen LogP contribution >= 0.6 is 22.7 Å². The van der Waals surface area contributed by atoms with Gasteiger partial charge in [-0.05, 0) is 47.5 Å². The van der Waals surface area contributed by atoms with Gasteiger partial charge in [0.15, 0.2) is 5.56 Å². The van der Waals surface area contributed by atoms with Gasteiger partial charge in [0.25, 0.3) is 0 Å². The maximum Gasteiger partial charge on any atom is 0.344 e. The van der Waals surface area contributed by atoms with Crippen molar-refractivity contribution >= 4 is 43.7 Å². The molecular formula is C21H15FNO4S2+. The average molecular weight is 428 g/mol. The summed E-state index contributed by atoms with van der Waals surface area (Å²) in [5, 5.41) is 24.1. The van der Waals surface area contributed by atoms with Crippen LogP contribution in [-0.4, -0.2) is 20.9 Å². The highest BCUT2D eigenvalue weighted by Gasteiger charge is 2.32. The lowest BCUT2D eigenvalue weighted by molar-refractivity contribution is -0.476. The average Bonchev–Trinajstić information content (AvgIpc) is 3.28. The molecule has 2 aromatic heterocycles. The van der Waals surface area contributed by atoms with Crippen molar-refractivity contribution in [1.29, 1.82) is 0 Å². The van der Waals surface area contributed by atoms with E-state index in [9.17, 15) is 24.3 Å². The van der Waals surface area contributed by atoms with Gasteiger partial charge in [-0.15, -0.1) is 11.3 Å². The second kappa shape index (κ2) is 7.38. The van der Waals surface area contributed by atoms with Crippen LogP contribution in [0.25, 0.3) is 21.2 Å². The van der Waals surface area contributed by atoms with Gasteiger partial charge in [0.05, 0.1) is 10.3 Å². The lowest BCUT2D eigenvalue weighted by Gasteiger charge is -2.04. The molecular weight excluding hydrogens is 413 g/mol. The van der Waals surface area contributed by atoms with Crippen molar-refractivity contribution in [1.82, 2.24) is 0 Å². The molecule has 4 aromatic rings. The van der Waals surface area contributed by atoms with E-state index in [1.54, 1.807) is 25.1 Å². The highest BCUT2D eigenvalue weighted by molar-refractivity contribution is 7.17. The monoisotopic (exact) mass is 428 g/mol. The van der Waals surface area contributed by atoms with E-state index in [0.29, 0.717) is 15.9 Å². The summed E-state index contributed by atoms with van der Waals surface area (Å²) < 4.78 is 15.8. The van der Waals surface area contributed by atoms with E-state index in [2.05, 4.69) is 0 Å². The van der Waals surface area contributed by atoms with Gasteiger partial charge in [-0.1, -0.05) is 23.5 Å². The molecule has 0 radical (unpaired) electrons. The van der Waals surface area contributed by atoms with Gasteiger partial charge in [-0.3, -0.25) is 0 Å². The van der Waals surface area contributed by atoms with Gasteiger partial charge >= 0.3 is 11.0 Å². The number of aryl methyl sites for hydroxylation is 1. The topological polar surface area (TPSA) is 77.6 Å². The normalized spacial score (nSPS) is 11.1. The number of hydrogen-bond acceptors (Lipinski definition) is 5. The Hall–Kier alpha value is -3.10. The second-order valence-electron chi connectivity index (χ2n) is 6.59. The fourth-order valence-electron chi connectivity index (χ4n) is 3.17. The number of thiophene rings is 2. The number of carboxylic acid groups (broad SMARTS) is 1. The zero-order valence-electron chi connectivity index (χ0n) is 15.2. The van der Waals surface area contributed by atoms with Crippen LogP contribution in [0.2, 0.25) is 0 Å². The van der Waals surface area contributed by atoms with E-state index in [4.69, 9.17) is 0 Å². The number of carbonyl (C=O) groups is 1. The molecule has 0 aliphatic rings. The maximum absolute atomic E-state index is 14.4. The number of aromatic carboxylic acids is 1.